The van der Waals surface area contributed by atoms with E-state index in [4.69, 9.17) is 0 Å². The Bertz CT molecular complexity index is 408. The second kappa shape index (κ2) is 3.76. The van der Waals surface area contributed by atoms with Gasteiger partial charge in [-0.2, -0.15) is 26.3 Å². The fourth-order valence-electron chi connectivity index (χ4n) is 0.890. The molecule has 1 aromatic rings. The topological polar surface area (TPSA) is 30.0 Å². The van der Waals surface area contributed by atoms with Crippen molar-refractivity contribution in [3.05, 3.63) is 29.6 Å². The van der Waals surface area contributed by atoms with Gasteiger partial charge >= 0.3 is 12.4 Å². The number of alkyl halides is 6. The van der Waals surface area contributed by atoms with Gasteiger partial charge in [0.25, 0.3) is 5.78 Å². The molecule has 0 aliphatic carbocycles. The zero-order valence-corrected chi connectivity index (χ0v) is 7.36. The molecule has 0 amide bonds. The highest BCUT2D eigenvalue weighted by molar-refractivity contribution is 6.00. The van der Waals surface area contributed by atoms with Crippen molar-refractivity contribution in [2.45, 2.75) is 12.4 Å². The number of ketones is 1. The first-order chi connectivity index (χ1) is 7.12. The van der Waals surface area contributed by atoms with Crippen molar-refractivity contribution in [2.24, 2.45) is 0 Å². The van der Waals surface area contributed by atoms with Crippen molar-refractivity contribution in [3.8, 4) is 0 Å². The highest BCUT2D eigenvalue weighted by Gasteiger charge is 2.41. The first-order valence-electron chi connectivity index (χ1n) is 3.77. The fourth-order valence-corrected chi connectivity index (χ4v) is 0.890. The summed E-state index contributed by atoms with van der Waals surface area (Å²) in [4.78, 5) is 13.5. The summed E-state index contributed by atoms with van der Waals surface area (Å²) in [6.45, 7) is 0. The predicted molar refractivity (Wildman–Crippen MR) is 39.6 cm³/mol. The first kappa shape index (κ1) is 12.5. The molecule has 0 N–H and O–H groups in total. The Kier molecular flexibility index (Phi) is 2.93. The van der Waals surface area contributed by atoms with Crippen LogP contribution in [0.2, 0.25) is 0 Å². The second-order valence-electron chi connectivity index (χ2n) is 2.75. The Balaban J connectivity index is 3.14. The van der Waals surface area contributed by atoms with Gasteiger partial charge in [0.2, 0.25) is 0 Å². The fraction of sp³-hybridized carbons (Fsp3) is 0.250. The molecule has 2 nitrogen and oxygen atoms in total. The molecule has 88 valence electrons. The summed E-state index contributed by atoms with van der Waals surface area (Å²) in [5, 5.41) is 0. The van der Waals surface area contributed by atoms with Gasteiger partial charge in [-0.15, -0.1) is 0 Å². The monoisotopic (exact) mass is 243 g/mol. The van der Waals surface area contributed by atoms with E-state index in [0.717, 1.165) is 0 Å². The average Bonchev–Trinajstić information content (AvgIpc) is 2.14. The largest absolute Gasteiger partial charge is 0.454 e. The van der Waals surface area contributed by atoms with Crippen LogP contribution in [0.25, 0.3) is 0 Å². The number of Topliss-reactive ketones (excluding diaryl/α,β-unsaturated/α-hetero) is 1. The molecule has 1 heterocycles. The van der Waals surface area contributed by atoms with Gasteiger partial charge in [0.1, 0.15) is 5.69 Å². The minimum absolute atomic E-state index is 0.0653. The number of aromatic nitrogens is 1. The highest BCUT2D eigenvalue weighted by Crippen LogP contribution is 2.29. The molecular weight excluding hydrogens is 240 g/mol. The third-order valence-corrected chi connectivity index (χ3v) is 1.57. The lowest BCUT2D eigenvalue weighted by molar-refractivity contribution is -0.141. The Morgan fingerprint density at radius 1 is 1.12 bits per heavy atom. The van der Waals surface area contributed by atoms with Crippen LogP contribution in [-0.2, 0) is 6.18 Å². The van der Waals surface area contributed by atoms with E-state index in [9.17, 15) is 31.1 Å². The molecule has 0 saturated heterocycles. The van der Waals surface area contributed by atoms with Crippen LogP contribution in [0.5, 0.6) is 0 Å². The second-order valence-corrected chi connectivity index (χ2v) is 2.75. The summed E-state index contributed by atoms with van der Waals surface area (Å²) in [7, 11) is 0. The SMILES string of the molecule is O=C(c1ccnc(C(F)(F)F)c1)C(F)(F)F. The van der Waals surface area contributed by atoms with Gasteiger partial charge in [0, 0.05) is 11.8 Å². The quantitative estimate of drug-likeness (QED) is 0.560. The standard InChI is InChI=1S/C8H3F6NO/c9-7(10,11)5-3-4(1-2-15-5)6(16)8(12,13)14/h1-3H. The van der Waals surface area contributed by atoms with E-state index in [-0.39, 0.29) is 6.07 Å². The third-order valence-electron chi connectivity index (χ3n) is 1.57. The Morgan fingerprint density at radius 2 is 1.69 bits per heavy atom. The Hall–Kier alpha value is -1.60. The molecule has 0 aliphatic rings. The zero-order chi connectivity index (χ0) is 12.6. The Morgan fingerprint density at radius 3 is 2.12 bits per heavy atom. The normalized spacial score (nSPS) is 12.6. The Labute approximate surface area is 84.9 Å². The number of carbonyl (C=O) groups is 1. The lowest BCUT2D eigenvalue weighted by Crippen LogP contribution is -2.23. The van der Waals surface area contributed by atoms with Gasteiger partial charge in [0.05, 0.1) is 0 Å². The van der Waals surface area contributed by atoms with Crippen LogP contribution in [0, 0.1) is 0 Å². The van der Waals surface area contributed by atoms with E-state index in [1.807, 2.05) is 0 Å². The smallest absolute Gasteiger partial charge is 0.284 e. The predicted octanol–water partition coefficient (Wildman–Crippen LogP) is 2.85. The van der Waals surface area contributed by atoms with E-state index < -0.39 is 29.4 Å². The van der Waals surface area contributed by atoms with Crippen LogP contribution < -0.4 is 0 Å². The zero-order valence-electron chi connectivity index (χ0n) is 7.36. The summed E-state index contributed by atoms with van der Waals surface area (Å²) in [5.74, 6) is -2.33. The summed E-state index contributed by atoms with van der Waals surface area (Å²) in [6, 6.07) is 0.640. The van der Waals surface area contributed by atoms with Gasteiger partial charge in [-0.3, -0.25) is 9.78 Å². The van der Waals surface area contributed by atoms with Gasteiger partial charge < -0.3 is 0 Å². The third kappa shape index (κ3) is 2.71. The number of hydrogen-bond acceptors (Lipinski definition) is 2. The van der Waals surface area contributed by atoms with Crippen molar-refractivity contribution in [2.75, 3.05) is 0 Å². The summed E-state index contributed by atoms with van der Waals surface area (Å²) in [5.41, 5.74) is -2.63. The van der Waals surface area contributed by atoms with Crippen LogP contribution in [0.1, 0.15) is 16.1 Å². The van der Waals surface area contributed by atoms with E-state index in [1.54, 1.807) is 0 Å². The number of nitrogens with zero attached hydrogens (tertiary/aromatic N) is 1. The average molecular weight is 243 g/mol. The molecule has 0 bridgehead atoms. The highest BCUT2D eigenvalue weighted by atomic mass is 19.4. The van der Waals surface area contributed by atoms with Crippen molar-refractivity contribution in [1.29, 1.82) is 0 Å². The first-order valence-corrected chi connectivity index (χ1v) is 3.77. The maximum absolute atomic E-state index is 12.1. The van der Waals surface area contributed by atoms with Crippen molar-refractivity contribution in [3.63, 3.8) is 0 Å². The van der Waals surface area contributed by atoms with Gasteiger partial charge in [-0.05, 0) is 12.1 Å². The molecule has 0 aromatic carbocycles. The van der Waals surface area contributed by atoms with E-state index in [1.165, 1.54) is 0 Å². The number of hydrogen-bond donors (Lipinski definition) is 0. The van der Waals surface area contributed by atoms with Gasteiger partial charge in [-0.25, -0.2) is 0 Å². The van der Waals surface area contributed by atoms with Crippen LogP contribution >= 0.6 is 0 Å². The number of carbonyl (C=O) groups excluding carboxylic acids is 1. The molecule has 16 heavy (non-hydrogen) atoms. The summed E-state index contributed by atoms with van der Waals surface area (Å²) >= 11 is 0. The molecule has 0 atom stereocenters. The molecule has 1 aromatic heterocycles. The molecule has 0 saturated carbocycles. The van der Waals surface area contributed by atoms with E-state index in [0.29, 0.717) is 12.3 Å². The molecule has 8 heteroatoms. The van der Waals surface area contributed by atoms with Crippen molar-refractivity contribution in [1.82, 2.24) is 4.98 Å². The lowest BCUT2D eigenvalue weighted by Gasteiger charge is -2.08. The molecule has 0 fully saturated rings. The number of rotatable bonds is 1. The maximum atomic E-state index is 12.1. The molecule has 0 aliphatic heterocycles. The van der Waals surface area contributed by atoms with Gasteiger partial charge in [0.15, 0.2) is 0 Å². The minimum Gasteiger partial charge on any atom is -0.284 e. The van der Waals surface area contributed by atoms with E-state index in [2.05, 4.69) is 4.98 Å². The molecule has 0 unspecified atom stereocenters. The van der Waals surface area contributed by atoms with E-state index >= 15 is 0 Å². The number of halogens is 6. The van der Waals surface area contributed by atoms with Crippen LogP contribution in [-0.4, -0.2) is 16.9 Å². The molecule has 0 spiro atoms. The maximum Gasteiger partial charge on any atom is 0.454 e. The van der Waals surface area contributed by atoms with Gasteiger partial charge in [-0.1, -0.05) is 0 Å². The summed E-state index contributed by atoms with van der Waals surface area (Å²) in [6.07, 6.45) is -9.59. The van der Waals surface area contributed by atoms with Crippen LogP contribution in [0.4, 0.5) is 26.3 Å². The molecule has 1 rings (SSSR count). The van der Waals surface area contributed by atoms with Crippen LogP contribution in [0.3, 0.4) is 0 Å². The van der Waals surface area contributed by atoms with Crippen molar-refractivity contribution < 1.29 is 31.1 Å². The lowest BCUT2D eigenvalue weighted by atomic mass is 10.1. The molecular formula is C8H3F6NO. The minimum atomic E-state index is -5.20. The number of pyridine rings is 1. The van der Waals surface area contributed by atoms with Crippen molar-refractivity contribution >= 4 is 5.78 Å². The molecule has 0 radical (unpaired) electrons. The van der Waals surface area contributed by atoms with Crippen LogP contribution in [0.15, 0.2) is 18.3 Å². The summed E-state index contributed by atoms with van der Waals surface area (Å²) < 4.78 is 72.0.